The van der Waals surface area contributed by atoms with Gasteiger partial charge in [-0.3, -0.25) is 4.79 Å². The maximum atomic E-state index is 12.3. The van der Waals surface area contributed by atoms with Crippen molar-refractivity contribution in [3.8, 4) is 0 Å². The fourth-order valence-corrected chi connectivity index (χ4v) is 2.51. The van der Waals surface area contributed by atoms with Gasteiger partial charge in [0.15, 0.2) is 0 Å². The summed E-state index contributed by atoms with van der Waals surface area (Å²) >= 11 is 0. The van der Waals surface area contributed by atoms with Crippen LogP contribution in [0.25, 0.3) is 0 Å². The first-order chi connectivity index (χ1) is 8.70. The lowest BCUT2D eigenvalue weighted by molar-refractivity contribution is -0.190. The third-order valence-electron chi connectivity index (χ3n) is 3.30. The molecular formula is C13H18O6. The van der Waals surface area contributed by atoms with Gasteiger partial charge >= 0.3 is 23.5 Å². The lowest BCUT2D eigenvalue weighted by Crippen LogP contribution is -2.51. The van der Waals surface area contributed by atoms with E-state index in [9.17, 15) is 14.4 Å². The van der Waals surface area contributed by atoms with E-state index in [1.54, 1.807) is 20.8 Å². The molecule has 2 aliphatic rings. The minimum absolute atomic E-state index is 0.00346. The lowest BCUT2D eigenvalue weighted by atomic mass is 9.84. The predicted molar refractivity (Wildman–Crippen MR) is 62.9 cm³/mol. The molecule has 19 heavy (non-hydrogen) atoms. The van der Waals surface area contributed by atoms with E-state index in [1.807, 2.05) is 6.92 Å². The third-order valence-corrected chi connectivity index (χ3v) is 3.30. The summed E-state index contributed by atoms with van der Waals surface area (Å²) in [6.07, 6.45) is 0.0487. The Hall–Kier alpha value is -1.59. The van der Waals surface area contributed by atoms with Gasteiger partial charge in [-0.2, -0.15) is 0 Å². The molecule has 2 saturated heterocycles. The molecule has 2 rings (SSSR count). The molecule has 0 N–H and O–H groups in total. The molecule has 0 spiro atoms. The number of esters is 3. The summed E-state index contributed by atoms with van der Waals surface area (Å²) in [6, 6.07) is 0. The van der Waals surface area contributed by atoms with Crippen LogP contribution in [0.3, 0.4) is 0 Å². The van der Waals surface area contributed by atoms with E-state index < -0.39 is 41.1 Å². The van der Waals surface area contributed by atoms with Crippen LogP contribution in [-0.2, 0) is 28.6 Å². The van der Waals surface area contributed by atoms with E-state index in [-0.39, 0.29) is 6.42 Å². The second-order valence-corrected chi connectivity index (χ2v) is 5.87. The molecule has 6 nitrogen and oxygen atoms in total. The zero-order valence-electron chi connectivity index (χ0n) is 11.5. The van der Waals surface area contributed by atoms with E-state index >= 15 is 0 Å². The van der Waals surface area contributed by atoms with Crippen molar-refractivity contribution in [3.05, 3.63) is 0 Å². The minimum Gasteiger partial charge on any atom is -0.458 e. The highest BCUT2D eigenvalue weighted by molar-refractivity contribution is 6.09. The zero-order valence-corrected chi connectivity index (χ0v) is 11.5. The Bertz CT molecular complexity index is 435. The van der Waals surface area contributed by atoms with Crippen LogP contribution >= 0.6 is 0 Å². The normalized spacial score (nSPS) is 33.7. The van der Waals surface area contributed by atoms with Gasteiger partial charge in [0, 0.05) is 0 Å². The first-order valence-electron chi connectivity index (χ1n) is 6.37. The van der Waals surface area contributed by atoms with Crippen LogP contribution in [0.15, 0.2) is 0 Å². The average molecular weight is 270 g/mol. The summed E-state index contributed by atoms with van der Waals surface area (Å²) < 4.78 is 15.4. The van der Waals surface area contributed by atoms with Gasteiger partial charge < -0.3 is 14.2 Å². The topological polar surface area (TPSA) is 78.9 Å². The van der Waals surface area contributed by atoms with Crippen LogP contribution in [0, 0.1) is 5.92 Å². The second-order valence-electron chi connectivity index (χ2n) is 5.87. The Balaban J connectivity index is 2.35. The van der Waals surface area contributed by atoms with Crippen LogP contribution in [0.2, 0.25) is 0 Å². The summed E-state index contributed by atoms with van der Waals surface area (Å²) in [5.41, 5.74) is -2.67. The quantitative estimate of drug-likeness (QED) is 0.422. The Morgan fingerprint density at radius 2 is 2.05 bits per heavy atom. The molecule has 0 amide bonds. The van der Waals surface area contributed by atoms with Gasteiger partial charge in [0.2, 0.25) is 0 Å². The molecule has 0 aromatic heterocycles. The fourth-order valence-electron chi connectivity index (χ4n) is 2.51. The summed E-state index contributed by atoms with van der Waals surface area (Å²) in [5, 5.41) is 0. The lowest BCUT2D eigenvalue weighted by Gasteiger charge is -2.27. The van der Waals surface area contributed by atoms with Gasteiger partial charge in [0.1, 0.15) is 11.7 Å². The highest BCUT2D eigenvalue weighted by atomic mass is 16.7. The molecule has 0 aromatic carbocycles. The predicted octanol–water partition coefficient (Wildman–Crippen LogP) is 0.965. The highest BCUT2D eigenvalue weighted by Gasteiger charge is 2.70. The van der Waals surface area contributed by atoms with Crippen molar-refractivity contribution in [1.82, 2.24) is 0 Å². The average Bonchev–Trinajstić information content (AvgIpc) is 2.72. The molecule has 0 bridgehead atoms. The minimum atomic E-state index is -1.90. The second kappa shape index (κ2) is 4.21. The molecular weight excluding hydrogens is 252 g/mol. The van der Waals surface area contributed by atoms with Crippen molar-refractivity contribution in [2.75, 3.05) is 0 Å². The molecule has 0 aliphatic carbocycles. The largest absolute Gasteiger partial charge is 0.458 e. The van der Waals surface area contributed by atoms with Crippen LogP contribution in [-0.4, -0.2) is 35.2 Å². The van der Waals surface area contributed by atoms with Crippen molar-refractivity contribution < 1.29 is 28.6 Å². The molecule has 2 aliphatic heterocycles. The number of hydrogen-bond donors (Lipinski definition) is 0. The molecule has 2 heterocycles. The number of fused-ring (bicyclic) bond motifs is 1. The molecule has 3 atom stereocenters. The number of carbonyl (C=O) groups is 3. The van der Waals surface area contributed by atoms with Crippen LogP contribution in [0.4, 0.5) is 0 Å². The summed E-state index contributed by atoms with van der Waals surface area (Å²) in [6.45, 7) is 6.88. The van der Waals surface area contributed by atoms with Gasteiger partial charge in [-0.15, -0.1) is 0 Å². The number of hydrogen-bond acceptors (Lipinski definition) is 6. The number of ether oxygens (including phenoxy) is 3. The van der Waals surface area contributed by atoms with E-state index in [4.69, 9.17) is 14.2 Å². The standard InChI is InChI=1S/C13H18O6/c1-5-8-7-6-9(14)18-13(7,10(15)17-8)11(16)19-12(2,3)4/h7-8H,5-6H2,1-4H3/t7-,8-,13-/m1/s1. The Morgan fingerprint density at radius 1 is 1.42 bits per heavy atom. The monoisotopic (exact) mass is 270 g/mol. The highest BCUT2D eigenvalue weighted by Crippen LogP contribution is 2.45. The van der Waals surface area contributed by atoms with E-state index in [1.165, 1.54) is 0 Å². The summed E-state index contributed by atoms with van der Waals surface area (Å²) in [4.78, 5) is 35.8. The van der Waals surface area contributed by atoms with E-state index in [0.717, 1.165) is 0 Å². The van der Waals surface area contributed by atoms with Crippen molar-refractivity contribution >= 4 is 17.9 Å². The van der Waals surface area contributed by atoms with E-state index in [2.05, 4.69) is 0 Å². The Kier molecular flexibility index (Phi) is 3.07. The van der Waals surface area contributed by atoms with Crippen molar-refractivity contribution in [2.45, 2.75) is 57.8 Å². The smallest absolute Gasteiger partial charge is 0.363 e. The first-order valence-corrected chi connectivity index (χ1v) is 6.37. The summed E-state index contributed by atoms with van der Waals surface area (Å²) in [5.74, 6) is -2.81. The molecule has 0 aromatic rings. The molecule has 2 fully saturated rings. The molecule has 0 radical (unpaired) electrons. The first kappa shape index (κ1) is 13.8. The number of carbonyl (C=O) groups excluding carboxylic acids is 3. The molecule has 106 valence electrons. The van der Waals surface area contributed by atoms with Crippen LogP contribution in [0.5, 0.6) is 0 Å². The maximum absolute atomic E-state index is 12.3. The van der Waals surface area contributed by atoms with Crippen LogP contribution < -0.4 is 0 Å². The maximum Gasteiger partial charge on any atom is 0.363 e. The van der Waals surface area contributed by atoms with Gasteiger partial charge in [-0.1, -0.05) is 6.92 Å². The van der Waals surface area contributed by atoms with E-state index in [0.29, 0.717) is 6.42 Å². The van der Waals surface area contributed by atoms with Gasteiger partial charge in [0.25, 0.3) is 0 Å². The fraction of sp³-hybridized carbons (Fsp3) is 0.769. The van der Waals surface area contributed by atoms with Gasteiger partial charge in [-0.25, -0.2) is 9.59 Å². The Labute approximate surface area is 111 Å². The van der Waals surface area contributed by atoms with Crippen molar-refractivity contribution in [1.29, 1.82) is 0 Å². The number of cyclic esters (lactones) is 1. The van der Waals surface area contributed by atoms with Gasteiger partial charge in [-0.05, 0) is 27.2 Å². The van der Waals surface area contributed by atoms with Crippen LogP contribution in [0.1, 0.15) is 40.5 Å². The van der Waals surface area contributed by atoms with Crippen molar-refractivity contribution in [3.63, 3.8) is 0 Å². The van der Waals surface area contributed by atoms with Gasteiger partial charge in [0.05, 0.1) is 12.3 Å². The molecule has 0 unspecified atom stereocenters. The third kappa shape index (κ3) is 2.09. The zero-order chi connectivity index (χ0) is 14.4. The molecule has 6 heteroatoms. The SMILES string of the molecule is CC[C@H]1OC(=O)[C@]2(C(=O)OC(C)(C)C)OC(=O)C[C@H]12. The number of rotatable bonds is 2. The summed E-state index contributed by atoms with van der Waals surface area (Å²) in [7, 11) is 0. The molecule has 0 saturated carbocycles. The Morgan fingerprint density at radius 3 is 2.58 bits per heavy atom. The van der Waals surface area contributed by atoms with Crippen molar-refractivity contribution in [2.24, 2.45) is 5.92 Å².